The molecule has 2 saturated carbocycles. The number of nitrogens with one attached hydrogen (secondary N) is 1. The van der Waals surface area contributed by atoms with Gasteiger partial charge in [0.15, 0.2) is 11.6 Å². The zero-order valence-corrected chi connectivity index (χ0v) is 32.2. The number of methoxy groups -OCH3 is 1. The zero-order chi connectivity index (χ0) is 42.1. The van der Waals surface area contributed by atoms with E-state index in [0.29, 0.717) is 24.0 Å². The smallest absolute Gasteiger partial charge is 0.307 e. The second kappa shape index (κ2) is 16.0. The lowest BCUT2D eigenvalue weighted by Crippen LogP contribution is -2.46. The Hall–Kier alpha value is -4.59. The second-order valence-electron chi connectivity index (χ2n) is 15.5. The van der Waals surface area contributed by atoms with Crippen LogP contribution in [0.15, 0.2) is 54.8 Å². The van der Waals surface area contributed by atoms with Crippen molar-refractivity contribution in [3.8, 4) is 11.6 Å². The number of ether oxygens (including phenoxy) is 3. The molecule has 0 spiro atoms. The number of allylic oxidation sites excluding steroid dienone is 3. The number of aromatic nitrogens is 1. The van der Waals surface area contributed by atoms with Crippen LogP contribution in [0.25, 0.3) is 10.8 Å². The highest BCUT2D eigenvalue weighted by atomic mass is 32.2. The predicted molar refractivity (Wildman–Crippen MR) is 201 cm³/mol. The predicted octanol–water partition coefficient (Wildman–Crippen LogP) is 5.02. The van der Waals surface area contributed by atoms with Crippen molar-refractivity contribution in [3.05, 3.63) is 54.8 Å². The van der Waals surface area contributed by atoms with Crippen LogP contribution in [0.2, 0.25) is 0 Å². The largest absolute Gasteiger partial charge is 0.497 e. The Morgan fingerprint density at radius 1 is 1.19 bits per heavy atom. The van der Waals surface area contributed by atoms with Crippen molar-refractivity contribution < 1.29 is 50.7 Å². The fourth-order valence-corrected chi connectivity index (χ4v) is 8.39. The van der Waals surface area contributed by atoms with Gasteiger partial charge in [-0.1, -0.05) is 11.6 Å². The average molecular weight is 769 g/mol. The van der Waals surface area contributed by atoms with Crippen molar-refractivity contribution >= 4 is 50.1 Å². The Kier molecular flexibility index (Phi) is 10.8. The minimum absolute atomic E-state index is 0.0196. The molecule has 2 aromatic rings. The number of pyridine rings is 1. The number of hydrogen-bond acceptors (Lipinski definition) is 11. The number of nitrogens with zero attached hydrogens (tertiary/aromatic N) is 2. The fourth-order valence-electron chi connectivity index (χ4n) is 7.01. The molecular weight excluding hydrogens is 715 g/mol. The normalized spacial score (nSPS) is 24.4. The topological polar surface area (TPSA) is 175 Å². The molecule has 1 saturated heterocycles. The van der Waals surface area contributed by atoms with Gasteiger partial charge in [-0.2, -0.15) is 0 Å². The molecule has 1 N–H and O–H groups in total. The van der Waals surface area contributed by atoms with E-state index in [9.17, 15) is 32.4 Å². The van der Waals surface area contributed by atoms with E-state index in [0.717, 1.165) is 11.5 Å². The van der Waals surface area contributed by atoms with Crippen molar-refractivity contribution in [3.63, 3.8) is 0 Å². The molecule has 2 heterocycles. The summed E-state index contributed by atoms with van der Waals surface area (Å²) in [4.78, 5) is 74.4. The van der Waals surface area contributed by atoms with E-state index in [2.05, 4.69) is 16.3 Å². The first kappa shape index (κ1) is 36.4. The molecule has 5 atom stereocenters. The number of carbonyl (C=O) groups excluding carboxylic acids is 5. The lowest BCUT2D eigenvalue weighted by Gasteiger charge is -2.29. The standard InChI is InChI=1S/C40H51N3O10S/c1-8-27-21-40(27,38(48)42-54(49,50)31-12-13-31)22-34(45)33-20-30(52-36-32-14-11-29(51-7)18-25(32)15-16-41-36)23-43(33)37(47)26(9-10-28(44)17-24(2)3)19-35(46)53-39(4,5)6/h8,11,14-18,26-27,30-31,33H,1,9-10,12-13,19-23H2,2-7H3,(H,42,48)/t26-,27-,30-,33+,40-/m1/s1/i2D3/b24-17+. The van der Waals surface area contributed by atoms with Crippen LogP contribution in [0.3, 0.4) is 0 Å². The number of Topliss-reactive ketones (excluding diaryl/α,β-unsaturated/α-hetero) is 1. The molecular formula is C40H51N3O10S. The molecule has 5 rings (SSSR count). The monoisotopic (exact) mass is 768 g/mol. The maximum Gasteiger partial charge on any atom is 0.307 e. The summed E-state index contributed by atoms with van der Waals surface area (Å²) in [5.41, 5.74) is -2.41. The number of likely N-dealkylation sites (tertiary alicyclic amines) is 1. The summed E-state index contributed by atoms with van der Waals surface area (Å²) in [5.74, 6) is -4.02. The molecule has 292 valence electrons. The number of esters is 1. The third kappa shape index (κ3) is 9.74. The van der Waals surface area contributed by atoms with Crippen LogP contribution in [0.1, 0.15) is 90.0 Å². The van der Waals surface area contributed by atoms with Crippen LogP contribution < -0.4 is 14.2 Å². The van der Waals surface area contributed by atoms with E-state index in [1.807, 2.05) is 0 Å². The number of ketones is 2. The summed E-state index contributed by atoms with van der Waals surface area (Å²) in [6, 6.07) is 5.93. The molecule has 2 amide bonds. The lowest BCUT2D eigenvalue weighted by molar-refractivity contribution is -0.159. The Labute approximate surface area is 321 Å². The molecule has 0 bridgehead atoms. The Balaban J connectivity index is 1.46. The molecule has 0 unspecified atom stereocenters. The maximum absolute atomic E-state index is 14.6. The molecule has 14 heteroatoms. The summed E-state index contributed by atoms with van der Waals surface area (Å²) in [7, 11) is -2.38. The van der Waals surface area contributed by atoms with E-state index >= 15 is 0 Å². The molecule has 3 fully saturated rings. The summed E-state index contributed by atoms with van der Waals surface area (Å²) in [6.07, 6.45) is 3.04. The van der Waals surface area contributed by atoms with Gasteiger partial charge in [0.2, 0.25) is 27.7 Å². The molecule has 1 aromatic carbocycles. The van der Waals surface area contributed by atoms with Crippen LogP contribution in [-0.2, 0) is 38.7 Å². The van der Waals surface area contributed by atoms with Crippen LogP contribution in [-0.4, -0.2) is 84.3 Å². The molecule has 1 aromatic heterocycles. The highest BCUT2D eigenvalue weighted by Gasteiger charge is 2.61. The lowest BCUT2D eigenvalue weighted by atomic mass is 9.90. The van der Waals surface area contributed by atoms with Crippen molar-refractivity contribution in [2.45, 2.75) is 109 Å². The summed E-state index contributed by atoms with van der Waals surface area (Å²) in [5, 5.41) is 0.745. The van der Waals surface area contributed by atoms with E-state index in [1.165, 1.54) is 17.9 Å². The quantitative estimate of drug-likeness (QED) is 0.130. The van der Waals surface area contributed by atoms with Gasteiger partial charge in [0, 0.05) is 40.9 Å². The number of rotatable bonds is 17. The van der Waals surface area contributed by atoms with E-state index in [1.54, 1.807) is 58.3 Å². The number of fused-ring (bicyclic) bond motifs is 1. The number of hydrogen-bond donors (Lipinski definition) is 1. The third-order valence-corrected chi connectivity index (χ3v) is 11.8. The third-order valence-electron chi connectivity index (χ3n) is 9.99. The minimum Gasteiger partial charge on any atom is -0.497 e. The second-order valence-corrected chi connectivity index (χ2v) is 17.5. The SMILES string of the molecule is [2H]C([2H])([2H])/C(C)=C\C(=O)CC[C@H](CC(=O)OC(C)(C)C)C(=O)N1C[C@H](Oc2nccc3cc(OC)ccc23)C[C@H]1C(=O)C[C@]1(C(=O)NS(=O)(=O)C2CC2)C[C@H]1C=C. The first-order valence-corrected chi connectivity index (χ1v) is 19.7. The van der Waals surface area contributed by atoms with Gasteiger partial charge in [-0.25, -0.2) is 13.4 Å². The zero-order valence-electron chi connectivity index (χ0n) is 34.4. The number of carbonyl (C=O) groups is 5. The number of amides is 2. The van der Waals surface area contributed by atoms with Gasteiger partial charge < -0.3 is 19.1 Å². The Morgan fingerprint density at radius 2 is 1.93 bits per heavy atom. The molecule has 13 nitrogen and oxygen atoms in total. The first-order chi connectivity index (χ1) is 26.6. The number of benzene rings is 1. The van der Waals surface area contributed by atoms with Gasteiger partial charge in [-0.15, -0.1) is 6.58 Å². The molecule has 2 aliphatic carbocycles. The summed E-state index contributed by atoms with van der Waals surface area (Å²) in [6.45, 7) is 7.47. The van der Waals surface area contributed by atoms with Crippen molar-refractivity contribution in [1.29, 1.82) is 0 Å². The molecule has 0 radical (unpaired) electrons. The van der Waals surface area contributed by atoms with E-state index < -0.39 is 99.3 Å². The van der Waals surface area contributed by atoms with Crippen molar-refractivity contribution in [2.24, 2.45) is 17.3 Å². The molecule has 54 heavy (non-hydrogen) atoms. The van der Waals surface area contributed by atoms with Crippen LogP contribution >= 0.6 is 0 Å². The van der Waals surface area contributed by atoms with Crippen LogP contribution in [0, 0.1) is 17.3 Å². The first-order valence-electron chi connectivity index (χ1n) is 19.6. The fraction of sp³-hybridized carbons (Fsp3) is 0.550. The number of sulfonamides is 1. The highest BCUT2D eigenvalue weighted by molar-refractivity contribution is 7.90. The van der Waals surface area contributed by atoms with Gasteiger partial charge in [0.25, 0.3) is 0 Å². The van der Waals surface area contributed by atoms with Gasteiger partial charge in [-0.3, -0.25) is 28.7 Å². The van der Waals surface area contributed by atoms with Crippen molar-refractivity contribution in [1.82, 2.24) is 14.6 Å². The van der Waals surface area contributed by atoms with E-state index in [-0.39, 0.29) is 43.7 Å². The van der Waals surface area contributed by atoms with Crippen LogP contribution in [0.5, 0.6) is 11.6 Å². The highest BCUT2D eigenvalue weighted by Crippen LogP contribution is 2.57. The molecule has 1 aliphatic heterocycles. The Morgan fingerprint density at radius 3 is 2.56 bits per heavy atom. The average Bonchev–Trinajstić information content (AvgIpc) is 4.05. The van der Waals surface area contributed by atoms with Gasteiger partial charge in [0.05, 0.1) is 36.8 Å². The van der Waals surface area contributed by atoms with E-state index in [4.69, 9.17) is 18.3 Å². The minimum atomic E-state index is -3.92. The maximum atomic E-state index is 14.6. The van der Waals surface area contributed by atoms with Crippen LogP contribution in [0.4, 0.5) is 0 Å². The summed E-state index contributed by atoms with van der Waals surface area (Å²) < 4.78 is 67.7. The van der Waals surface area contributed by atoms with Gasteiger partial charge in [0.1, 0.15) is 17.5 Å². The van der Waals surface area contributed by atoms with Gasteiger partial charge >= 0.3 is 5.97 Å². The Bertz CT molecular complexity index is 2080. The van der Waals surface area contributed by atoms with Crippen molar-refractivity contribution in [2.75, 3.05) is 13.7 Å². The summed E-state index contributed by atoms with van der Waals surface area (Å²) >= 11 is 0. The van der Waals surface area contributed by atoms with Gasteiger partial charge in [-0.05, 0) is 102 Å². The molecule has 3 aliphatic rings.